The van der Waals surface area contributed by atoms with Gasteiger partial charge < -0.3 is 0 Å². The molecule has 0 bridgehead atoms. The lowest BCUT2D eigenvalue weighted by atomic mass is 10.0. The predicted octanol–water partition coefficient (Wildman–Crippen LogP) is 3.57. The number of unbranched alkanes of at least 4 members (excludes halogenated alkanes) is 8. The van der Waals surface area contributed by atoms with Crippen LogP contribution in [-0.2, 0) is 14.4 Å². The monoisotopic (exact) mass is 293 g/mol. The molecule has 0 N–H and O–H groups in total. The maximum atomic E-state index is 10.4. The number of carbonyl (C=O) groups excluding carboxylic acids is 3. The largest absolute Gasteiger partial charge is 0.277 e. The molecule has 0 aromatic rings. The number of nitrogens with zero attached hydrogens (tertiary/aromatic N) is 3. The Bertz CT molecular complexity index is 372. The molecule has 0 fully saturated rings. The van der Waals surface area contributed by atoms with Gasteiger partial charge in [0.15, 0.2) is 0 Å². The summed E-state index contributed by atoms with van der Waals surface area (Å²) in [6.07, 6.45) is 14.2. The van der Waals surface area contributed by atoms with Gasteiger partial charge in [-0.15, -0.1) is 0 Å². The first-order chi connectivity index (χ1) is 10.2. The van der Waals surface area contributed by atoms with E-state index in [1.54, 1.807) is 0 Å². The number of hydrogen-bond donors (Lipinski definition) is 0. The van der Waals surface area contributed by atoms with Crippen LogP contribution in [0.2, 0.25) is 0 Å². The Balaban J connectivity index is 4.02. The van der Waals surface area contributed by atoms with E-state index in [1.165, 1.54) is 50.3 Å². The summed E-state index contributed by atoms with van der Waals surface area (Å²) in [5, 5.41) is 0. The van der Waals surface area contributed by atoms with Gasteiger partial charge in [-0.05, 0) is 6.42 Å². The van der Waals surface area contributed by atoms with Gasteiger partial charge in [0.2, 0.25) is 18.2 Å². The molecule has 0 saturated heterocycles. The molecule has 0 unspecified atom stereocenters. The van der Waals surface area contributed by atoms with Gasteiger partial charge in [0.1, 0.15) is 0 Å². The normalized spacial score (nSPS) is 12.4. The van der Waals surface area contributed by atoms with E-state index in [4.69, 9.17) is 0 Å². The molecular formula is C15H23N3O3. The van der Waals surface area contributed by atoms with Crippen molar-refractivity contribution in [2.24, 2.45) is 15.0 Å². The molecule has 21 heavy (non-hydrogen) atoms. The summed E-state index contributed by atoms with van der Waals surface area (Å²) in [5.74, 6) is -1.70. The Hall–Kier alpha value is -1.86. The standard InChI is InChI=1S/C15H23N3O3/c1-2-3-4-5-6-7-8-9-10-11-15(16-12-19,17-13-20)18-14-21/h2-11H2,1H3. The van der Waals surface area contributed by atoms with Crippen LogP contribution in [0, 0.1) is 0 Å². The lowest BCUT2D eigenvalue weighted by molar-refractivity contribution is 0.398. The minimum atomic E-state index is -1.70. The molecule has 0 heterocycles. The fraction of sp³-hybridized carbons (Fsp3) is 0.800. The molecule has 0 amide bonds. The van der Waals surface area contributed by atoms with Crippen LogP contribution in [0.5, 0.6) is 0 Å². The third-order valence-corrected chi connectivity index (χ3v) is 3.29. The first-order valence-corrected chi connectivity index (χ1v) is 7.51. The second-order valence-electron chi connectivity index (χ2n) is 4.96. The minimum Gasteiger partial charge on any atom is -0.211 e. The lowest BCUT2D eigenvalue weighted by Gasteiger charge is -2.14. The highest BCUT2D eigenvalue weighted by Crippen LogP contribution is 2.22. The van der Waals surface area contributed by atoms with E-state index >= 15 is 0 Å². The number of isocyanates is 3. The molecule has 0 aliphatic carbocycles. The van der Waals surface area contributed by atoms with Crippen LogP contribution in [0.25, 0.3) is 0 Å². The molecule has 0 aromatic carbocycles. The van der Waals surface area contributed by atoms with Gasteiger partial charge in [0.25, 0.3) is 5.79 Å². The zero-order valence-electron chi connectivity index (χ0n) is 12.6. The van der Waals surface area contributed by atoms with Crippen molar-refractivity contribution < 1.29 is 14.4 Å². The van der Waals surface area contributed by atoms with Gasteiger partial charge in [0, 0.05) is 6.42 Å². The summed E-state index contributed by atoms with van der Waals surface area (Å²) in [4.78, 5) is 41.1. The highest BCUT2D eigenvalue weighted by molar-refractivity contribution is 5.42. The van der Waals surface area contributed by atoms with Crippen molar-refractivity contribution in [3.8, 4) is 0 Å². The van der Waals surface area contributed by atoms with Crippen LogP contribution in [-0.4, -0.2) is 24.0 Å². The molecule has 0 saturated carbocycles. The van der Waals surface area contributed by atoms with E-state index in [1.807, 2.05) is 0 Å². The van der Waals surface area contributed by atoms with Gasteiger partial charge >= 0.3 is 0 Å². The van der Waals surface area contributed by atoms with E-state index in [0.29, 0.717) is 6.42 Å². The first-order valence-electron chi connectivity index (χ1n) is 7.51. The molecular weight excluding hydrogens is 270 g/mol. The minimum absolute atomic E-state index is 0.211. The fourth-order valence-corrected chi connectivity index (χ4v) is 2.13. The molecule has 6 nitrogen and oxygen atoms in total. The second-order valence-corrected chi connectivity index (χ2v) is 4.96. The Morgan fingerprint density at radius 3 is 1.43 bits per heavy atom. The quantitative estimate of drug-likeness (QED) is 0.295. The Morgan fingerprint density at radius 2 is 1.05 bits per heavy atom. The van der Waals surface area contributed by atoms with E-state index in [0.717, 1.165) is 19.3 Å². The maximum Gasteiger partial charge on any atom is 0.277 e. The average molecular weight is 293 g/mol. The lowest BCUT2D eigenvalue weighted by Crippen LogP contribution is -2.20. The van der Waals surface area contributed by atoms with Gasteiger partial charge in [-0.2, -0.15) is 15.0 Å². The summed E-state index contributed by atoms with van der Waals surface area (Å²) >= 11 is 0. The topological polar surface area (TPSA) is 88.3 Å². The molecule has 0 aliphatic rings. The third kappa shape index (κ3) is 9.64. The molecule has 116 valence electrons. The van der Waals surface area contributed by atoms with Crippen LogP contribution in [0.3, 0.4) is 0 Å². The number of aliphatic imine (C=N–C) groups is 3. The third-order valence-electron chi connectivity index (χ3n) is 3.29. The highest BCUT2D eigenvalue weighted by atomic mass is 16.1. The maximum absolute atomic E-state index is 10.4. The molecule has 0 aliphatic heterocycles. The van der Waals surface area contributed by atoms with Crippen LogP contribution in [0.15, 0.2) is 15.0 Å². The van der Waals surface area contributed by atoms with E-state index in [2.05, 4.69) is 21.9 Å². The number of rotatable bonds is 13. The van der Waals surface area contributed by atoms with E-state index in [-0.39, 0.29) is 6.42 Å². The Kier molecular flexibility index (Phi) is 12.0. The van der Waals surface area contributed by atoms with Crippen LogP contribution < -0.4 is 0 Å². The summed E-state index contributed by atoms with van der Waals surface area (Å²) in [7, 11) is 0. The van der Waals surface area contributed by atoms with Crippen molar-refractivity contribution in [2.75, 3.05) is 0 Å². The van der Waals surface area contributed by atoms with Crippen LogP contribution >= 0.6 is 0 Å². The molecule has 6 heteroatoms. The van der Waals surface area contributed by atoms with E-state index in [9.17, 15) is 14.4 Å². The van der Waals surface area contributed by atoms with Crippen molar-refractivity contribution in [2.45, 2.75) is 76.9 Å². The highest BCUT2D eigenvalue weighted by Gasteiger charge is 2.28. The Morgan fingerprint density at radius 1 is 0.667 bits per heavy atom. The SMILES string of the molecule is CCCCCCCCCCCC(N=C=O)(N=C=O)N=C=O. The summed E-state index contributed by atoms with van der Waals surface area (Å²) in [5.41, 5.74) is 0. The van der Waals surface area contributed by atoms with Crippen LogP contribution in [0.1, 0.15) is 71.1 Å². The number of hydrogen-bond acceptors (Lipinski definition) is 6. The summed E-state index contributed by atoms with van der Waals surface area (Å²) in [6.45, 7) is 2.19. The summed E-state index contributed by atoms with van der Waals surface area (Å²) < 4.78 is 0. The molecule has 0 spiro atoms. The van der Waals surface area contributed by atoms with Gasteiger partial charge in [-0.3, -0.25) is 0 Å². The van der Waals surface area contributed by atoms with E-state index < -0.39 is 5.79 Å². The van der Waals surface area contributed by atoms with Crippen molar-refractivity contribution >= 4 is 18.2 Å². The molecule has 0 atom stereocenters. The predicted molar refractivity (Wildman–Crippen MR) is 78.9 cm³/mol. The average Bonchev–Trinajstić information content (AvgIpc) is 2.46. The van der Waals surface area contributed by atoms with Crippen molar-refractivity contribution in [1.29, 1.82) is 0 Å². The molecule has 0 radical (unpaired) electrons. The zero-order valence-corrected chi connectivity index (χ0v) is 12.6. The summed E-state index contributed by atoms with van der Waals surface area (Å²) in [6, 6.07) is 0. The smallest absolute Gasteiger partial charge is 0.211 e. The van der Waals surface area contributed by atoms with Crippen molar-refractivity contribution in [3.63, 3.8) is 0 Å². The fourth-order valence-electron chi connectivity index (χ4n) is 2.13. The van der Waals surface area contributed by atoms with Gasteiger partial charge in [-0.25, -0.2) is 14.4 Å². The van der Waals surface area contributed by atoms with Crippen molar-refractivity contribution in [1.82, 2.24) is 0 Å². The first kappa shape index (κ1) is 19.1. The zero-order chi connectivity index (χ0) is 15.8. The van der Waals surface area contributed by atoms with Gasteiger partial charge in [0.05, 0.1) is 0 Å². The van der Waals surface area contributed by atoms with Crippen molar-refractivity contribution in [3.05, 3.63) is 0 Å². The molecule has 0 rings (SSSR count). The second kappa shape index (κ2) is 13.1. The Labute approximate surface area is 125 Å². The van der Waals surface area contributed by atoms with Crippen LogP contribution in [0.4, 0.5) is 0 Å². The molecule has 0 aromatic heterocycles. The van der Waals surface area contributed by atoms with Gasteiger partial charge in [-0.1, -0.05) is 58.3 Å².